The molecule has 0 saturated carbocycles. The average Bonchev–Trinajstić information content (AvgIpc) is 2.75. The summed E-state index contributed by atoms with van der Waals surface area (Å²) in [5.74, 6) is 0.916. The maximum absolute atomic E-state index is 11.9. The summed E-state index contributed by atoms with van der Waals surface area (Å²) in [6.45, 7) is 9.50. The Bertz CT molecular complexity index is 414. The Labute approximate surface area is 108 Å². The van der Waals surface area contributed by atoms with Crippen LogP contribution in [-0.2, 0) is 21.6 Å². The molecule has 1 aromatic heterocycles. The largest absolute Gasteiger partial charge is 0.370 e. The van der Waals surface area contributed by atoms with Crippen LogP contribution in [-0.4, -0.2) is 23.0 Å². The van der Waals surface area contributed by atoms with E-state index >= 15 is 0 Å². The van der Waals surface area contributed by atoms with E-state index in [2.05, 4.69) is 10.1 Å². The molecular weight excluding hydrogens is 232 g/mol. The highest BCUT2D eigenvalue weighted by Gasteiger charge is 2.31. The molecule has 0 fully saturated rings. The number of hydrogen-bond acceptors (Lipinski definition) is 5. The molecule has 5 heteroatoms. The highest BCUT2D eigenvalue weighted by Crippen LogP contribution is 2.26. The molecule has 18 heavy (non-hydrogen) atoms. The first-order valence-corrected chi connectivity index (χ1v) is 6.14. The van der Waals surface area contributed by atoms with Crippen LogP contribution in [0, 0.1) is 5.41 Å². The fourth-order valence-corrected chi connectivity index (χ4v) is 1.34. The normalized spacial score (nSPS) is 15.4. The van der Waals surface area contributed by atoms with E-state index in [1.54, 1.807) is 7.11 Å². The van der Waals surface area contributed by atoms with Crippen LogP contribution in [0.15, 0.2) is 4.52 Å². The second-order valence-corrected chi connectivity index (χ2v) is 5.65. The molecule has 1 aromatic rings. The van der Waals surface area contributed by atoms with Gasteiger partial charge in [0.1, 0.15) is 11.4 Å². The van der Waals surface area contributed by atoms with Gasteiger partial charge in [0, 0.05) is 12.5 Å². The van der Waals surface area contributed by atoms with Gasteiger partial charge in [-0.15, -0.1) is 0 Å². The quantitative estimate of drug-likeness (QED) is 0.807. The fraction of sp³-hybridized carbons (Fsp3) is 0.769. The summed E-state index contributed by atoms with van der Waals surface area (Å²) < 4.78 is 10.5. The Hall–Kier alpha value is -1.23. The summed E-state index contributed by atoms with van der Waals surface area (Å²) in [5, 5.41) is 3.90. The van der Waals surface area contributed by atoms with Crippen LogP contribution >= 0.6 is 0 Å². The van der Waals surface area contributed by atoms with Crippen LogP contribution in [0.5, 0.6) is 0 Å². The summed E-state index contributed by atoms with van der Waals surface area (Å²) in [6, 6.07) is 0. The Morgan fingerprint density at radius 2 is 1.94 bits per heavy atom. The van der Waals surface area contributed by atoms with Crippen LogP contribution in [0.25, 0.3) is 0 Å². The standard InChI is InChI=1S/C13H22N2O3/c1-7-13(5,17-6)11-14-10(18-15-11)8-9(16)12(2,3)4/h7-8H2,1-6H3. The molecule has 1 rings (SSSR count). The van der Waals surface area contributed by atoms with Crippen molar-refractivity contribution >= 4 is 5.78 Å². The van der Waals surface area contributed by atoms with Crippen molar-refractivity contribution in [2.45, 2.75) is 53.1 Å². The monoisotopic (exact) mass is 254 g/mol. The molecule has 0 amide bonds. The van der Waals surface area contributed by atoms with Gasteiger partial charge in [0.25, 0.3) is 0 Å². The lowest BCUT2D eigenvalue weighted by molar-refractivity contribution is -0.125. The number of Topliss-reactive ketones (excluding diaryl/α,β-unsaturated/α-hetero) is 1. The van der Waals surface area contributed by atoms with Crippen LogP contribution in [0.2, 0.25) is 0 Å². The third-order valence-electron chi connectivity index (χ3n) is 3.21. The molecule has 0 aromatic carbocycles. The predicted octanol–water partition coefficient (Wildman–Crippen LogP) is 2.50. The lowest BCUT2D eigenvalue weighted by atomic mass is 9.89. The number of methoxy groups -OCH3 is 1. The van der Waals surface area contributed by atoms with Crippen molar-refractivity contribution in [3.05, 3.63) is 11.7 Å². The Kier molecular flexibility index (Phi) is 4.27. The molecule has 0 radical (unpaired) electrons. The van der Waals surface area contributed by atoms with Crippen molar-refractivity contribution in [3.63, 3.8) is 0 Å². The fourth-order valence-electron chi connectivity index (χ4n) is 1.34. The molecule has 0 aliphatic rings. The van der Waals surface area contributed by atoms with Crippen molar-refractivity contribution in [1.82, 2.24) is 10.1 Å². The van der Waals surface area contributed by atoms with E-state index < -0.39 is 11.0 Å². The first-order valence-electron chi connectivity index (χ1n) is 6.14. The van der Waals surface area contributed by atoms with Gasteiger partial charge in [0.15, 0.2) is 0 Å². The van der Waals surface area contributed by atoms with Gasteiger partial charge in [-0.25, -0.2) is 0 Å². The molecule has 0 aliphatic heterocycles. The molecule has 1 unspecified atom stereocenters. The lowest BCUT2D eigenvalue weighted by Crippen LogP contribution is -2.25. The number of ether oxygens (including phenoxy) is 1. The van der Waals surface area contributed by atoms with Crippen molar-refractivity contribution in [1.29, 1.82) is 0 Å². The maximum Gasteiger partial charge on any atom is 0.234 e. The van der Waals surface area contributed by atoms with Gasteiger partial charge >= 0.3 is 0 Å². The van der Waals surface area contributed by atoms with Gasteiger partial charge < -0.3 is 9.26 Å². The van der Waals surface area contributed by atoms with E-state index in [0.717, 1.165) is 6.42 Å². The van der Waals surface area contributed by atoms with Crippen molar-refractivity contribution in [3.8, 4) is 0 Å². The molecule has 0 saturated heterocycles. The number of carbonyl (C=O) groups is 1. The molecule has 0 spiro atoms. The van der Waals surface area contributed by atoms with Gasteiger partial charge in [0.2, 0.25) is 11.7 Å². The zero-order valence-corrected chi connectivity index (χ0v) is 12.0. The van der Waals surface area contributed by atoms with Gasteiger partial charge in [0.05, 0.1) is 6.42 Å². The molecule has 102 valence electrons. The van der Waals surface area contributed by atoms with Gasteiger partial charge in [-0.05, 0) is 13.3 Å². The summed E-state index contributed by atoms with van der Waals surface area (Å²) in [5.41, 5.74) is -0.962. The number of carbonyl (C=O) groups excluding carboxylic acids is 1. The molecule has 5 nitrogen and oxygen atoms in total. The molecular formula is C13H22N2O3. The summed E-state index contributed by atoms with van der Waals surface area (Å²) in [7, 11) is 1.61. The minimum atomic E-state index is -0.563. The first-order chi connectivity index (χ1) is 8.23. The van der Waals surface area contributed by atoms with E-state index in [0.29, 0.717) is 11.7 Å². The topological polar surface area (TPSA) is 65.2 Å². The maximum atomic E-state index is 11.9. The van der Waals surface area contributed by atoms with Crippen LogP contribution in [0.4, 0.5) is 0 Å². The van der Waals surface area contributed by atoms with Crippen molar-refractivity contribution < 1.29 is 14.1 Å². The number of hydrogen-bond donors (Lipinski definition) is 0. The summed E-state index contributed by atoms with van der Waals surface area (Å²) in [4.78, 5) is 16.1. The number of ketones is 1. The predicted molar refractivity (Wildman–Crippen MR) is 67.1 cm³/mol. The number of aromatic nitrogens is 2. The molecule has 0 aliphatic carbocycles. The van der Waals surface area contributed by atoms with Crippen LogP contribution < -0.4 is 0 Å². The van der Waals surface area contributed by atoms with E-state index in [-0.39, 0.29) is 12.2 Å². The van der Waals surface area contributed by atoms with Gasteiger partial charge in [-0.1, -0.05) is 32.9 Å². The van der Waals surface area contributed by atoms with Crippen molar-refractivity contribution in [2.24, 2.45) is 5.41 Å². The van der Waals surface area contributed by atoms with Gasteiger partial charge in [-0.2, -0.15) is 4.98 Å². The number of rotatable bonds is 5. The Morgan fingerprint density at radius 1 is 1.33 bits per heavy atom. The van der Waals surface area contributed by atoms with E-state index in [1.165, 1.54) is 0 Å². The second kappa shape index (κ2) is 5.18. The number of nitrogens with zero attached hydrogens (tertiary/aromatic N) is 2. The smallest absolute Gasteiger partial charge is 0.234 e. The molecule has 1 atom stereocenters. The third-order valence-corrected chi connectivity index (χ3v) is 3.21. The first kappa shape index (κ1) is 14.8. The lowest BCUT2D eigenvalue weighted by Gasteiger charge is -2.21. The van der Waals surface area contributed by atoms with E-state index in [9.17, 15) is 4.79 Å². The zero-order chi connectivity index (χ0) is 14.0. The van der Waals surface area contributed by atoms with E-state index in [1.807, 2.05) is 34.6 Å². The van der Waals surface area contributed by atoms with E-state index in [4.69, 9.17) is 9.26 Å². The molecule has 0 N–H and O–H groups in total. The Balaban J connectivity index is 2.85. The highest BCUT2D eigenvalue weighted by molar-refractivity contribution is 5.84. The van der Waals surface area contributed by atoms with Crippen LogP contribution in [0.1, 0.15) is 52.8 Å². The minimum absolute atomic E-state index is 0.0771. The second-order valence-electron chi connectivity index (χ2n) is 5.65. The zero-order valence-electron chi connectivity index (χ0n) is 12.0. The Morgan fingerprint density at radius 3 is 2.39 bits per heavy atom. The van der Waals surface area contributed by atoms with Crippen molar-refractivity contribution in [2.75, 3.05) is 7.11 Å². The van der Waals surface area contributed by atoms with Gasteiger partial charge in [-0.3, -0.25) is 4.79 Å². The van der Waals surface area contributed by atoms with Crippen LogP contribution in [0.3, 0.4) is 0 Å². The minimum Gasteiger partial charge on any atom is -0.370 e. The average molecular weight is 254 g/mol. The summed E-state index contributed by atoms with van der Waals surface area (Å²) >= 11 is 0. The molecule has 1 heterocycles. The SMILES string of the molecule is CCC(C)(OC)c1noc(CC(=O)C(C)(C)C)n1. The highest BCUT2D eigenvalue weighted by atomic mass is 16.5. The molecule has 0 bridgehead atoms. The third kappa shape index (κ3) is 3.16. The summed E-state index contributed by atoms with van der Waals surface area (Å²) in [6.07, 6.45) is 0.899.